The molecule has 1 aliphatic rings. The number of nitrogens with zero attached hydrogens (tertiary/aromatic N) is 4. The lowest BCUT2D eigenvalue weighted by atomic mass is 10.1. The number of halogens is 1. The van der Waals surface area contributed by atoms with E-state index < -0.39 is 5.82 Å². The molecule has 1 fully saturated rings. The van der Waals surface area contributed by atoms with Gasteiger partial charge in [0.15, 0.2) is 5.65 Å². The van der Waals surface area contributed by atoms with E-state index in [1.807, 2.05) is 4.68 Å². The summed E-state index contributed by atoms with van der Waals surface area (Å²) in [6.07, 6.45) is 3.50. The van der Waals surface area contributed by atoms with Crippen LogP contribution in [0.1, 0.15) is 18.9 Å². The normalized spacial score (nSPS) is 18.1. The van der Waals surface area contributed by atoms with Gasteiger partial charge in [-0.2, -0.15) is 5.10 Å². The summed E-state index contributed by atoms with van der Waals surface area (Å²) in [6.45, 7) is 1.82. The molecular weight excluding hydrogens is 309 g/mol. The number of nitrogen functional groups attached to an aromatic ring is 2. The third-order valence-electron chi connectivity index (χ3n) is 4.41. The van der Waals surface area contributed by atoms with Crippen LogP contribution in [0.3, 0.4) is 0 Å². The Morgan fingerprint density at radius 2 is 2.12 bits per heavy atom. The number of rotatable bonds is 2. The summed E-state index contributed by atoms with van der Waals surface area (Å²) in [5, 5.41) is 8.71. The van der Waals surface area contributed by atoms with Crippen molar-refractivity contribution in [3.05, 3.63) is 30.3 Å². The number of anilines is 2. The molecule has 3 heterocycles. The van der Waals surface area contributed by atoms with Crippen LogP contribution >= 0.6 is 0 Å². The zero-order valence-electron chi connectivity index (χ0n) is 13.0. The SMILES string of the molecule is Nc1ccc(-c2nn(C3CCCNC3)c3ncnc(N)c23)cc1F. The molecule has 0 radical (unpaired) electrons. The Hall–Kier alpha value is -2.74. The van der Waals surface area contributed by atoms with Crippen LogP contribution in [-0.2, 0) is 0 Å². The fraction of sp³-hybridized carbons (Fsp3) is 0.312. The molecular formula is C16H18FN7. The predicted molar refractivity (Wildman–Crippen MR) is 90.7 cm³/mol. The van der Waals surface area contributed by atoms with Crippen LogP contribution in [0.2, 0.25) is 0 Å². The van der Waals surface area contributed by atoms with Gasteiger partial charge in [-0.1, -0.05) is 6.07 Å². The molecule has 1 atom stereocenters. The van der Waals surface area contributed by atoms with Crippen LogP contribution in [0.5, 0.6) is 0 Å². The van der Waals surface area contributed by atoms with Crippen LogP contribution in [0.25, 0.3) is 22.3 Å². The van der Waals surface area contributed by atoms with Crippen molar-refractivity contribution >= 4 is 22.5 Å². The van der Waals surface area contributed by atoms with Crippen molar-refractivity contribution in [3.63, 3.8) is 0 Å². The van der Waals surface area contributed by atoms with Crippen LogP contribution in [0.15, 0.2) is 24.5 Å². The maximum atomic E-state index is 13.9. The molecule has 0 saturated carbocycles. The van der Waals surface area contributed by atoms with E-state index in [0.29, 0.717) is 28.1 Å². The summed E-state index contributed by atoms with van der Waals surface area (Å²) in [6, 6.07) is 4.81. The van der Waals surface area contributed by atoms with Gasteiger partial charge in [-0.15, -0.1) is 0 Å². The fourth-order valence-corrected chi connectivity index (χ4v) is 3.17. The lowest BCUT2D eigenvalue weighted by Gasteiger charge is -2.23. The number of hydrogen-bond acceptors (Lipinski definition) is 6. The molecule has 2 aromatic heterocycles. The highest BCUT2D eigenvalue weighted by molar-refractivity contribution is 5.98. The van der Waals surface area contributed by atoms with Crippen molar-refractivity contribution in [1.29, 1.82) is 0 Å². The van der Waals surface area contributed by atoms with Gasteiger partial charge in [0.2, 0.25) is 0 Å². The molecule has 0 aliphatic carbocycles. The highest BCUT2D eigenvalue weighted by Gasteiger charge is 2.23. The minimum Gasteiger partial charge on any atom is -0.396 e. The van der Waals surface area contributed by atoms with E-state index in [-0.39, 0.29) is 11.7 Å². The summed E-state index contributed by atoms with van der Waals surface area (Å²) in [4.78, 5) is 8.44. The number of nitrogens with one attached hydrogen (secondary N) is 1. The first-order valence-electron chi connectivity index (χ1n) is 7.90. The maximum absolute atomic E-state index is 13.9. The Morgan fingerprint density at radius 1 is 1.25 bits per heavy atom. The third kappa shape index (κ3) is 2.35. The molecule has 1 unspecified atom stereocenters. The summed E-state index contributed by atoms with van der Waals surface area (Å²) in [5.74, 6) is -0.146. The van der Waals surface area contributed by atoms with Crippen LogP contribution in [0.4, 0.5) is 15.9 Å². The van der Waals surface area contributed by atoms with Crippen LogP contribution in [-0.4, -0.2) is 32.8 Å². The maximum Gasteiger partial charge on any atom is 0.164 e. The van der Waals surface area contributed by atoms with Crippen LogP contribution in [0, 0.1) is 5.82 Å². The Morgan fingerprint density at radius 3 is 2.88 bits per heavy atom. The van der Waals surface area contributed by atoms with Gasteiger partial charge in [0, 0.05) is 12.1 Å². The van der Waals surface area contributed by atoms with Crippen molar-refractivity contribution in [2.75, 3.05) is 24.6 Å². The Balaban J connectivity index is 1.93. The molecule has 0 amide bonds. The minimum absolute atomic E-state index is 0.100. The van der Waals surface area contributed by atoms with Gasteiger partial charge in [-0.25, -0.2) is 19.0 Å². The topological polar surface area (TPSA) is 108 Å². The van der Waals surface area contributed by atoms with Gasteiger partial charge in [0.1, 0.15) is 23.7 Å². The molecule has 1 aromatic carbocycles. The first-order chi connectivity index (χ1) is 11.6. The first-order valence-corrected chi connectivity index (χ1v) is 7.90. The molecule has 7 nitrogen and oxygen atoms in total. The molecule has 1 saturated heterocycles. The third-order valence-corrected chi connectivity index (χ3v) is 4.41. The molecule has 5 N–H and O–H groups in total. The summed E-state index contributed by atoms with van der Waals surface area (Å²) >= 11 is 0. The average Bonchev–Trinajstić information content (AvgIpc) is 2.99. The van der Waals surface area contributed by atoms with Gasteiger partial charge in [-0.3, -0.25) is 0 Å². The second-order valence-electron chi connectivity index (χ2n) is 5.99. The monoisotopic (exact) mass is 327 g/mol. The number of fused-ring (bicyclic) bond motifs is 1. The van der Waals surface area contributed by atoms with E-state index >= 15 is 0 Å². The van der Waals surface area contributed by atoms with Gasteiger partial charge < -0.3 is 16.8 Å². The minimum atomic E-state index is -0.482. The quantitative estimate of drug-likeness (QED) is 0.619. The second kappa shape index (κ2) is 5.72. The molecule has 8 heteroatoms. The van der Waals surface area contributed by atoms with Gasteiger partial charge in [-0.05, 0) is 31.5 Å². The smallest absolute Gasteiger partial charge is 0.164 e. The average molecular weight is 327 g/mol. The van der Waals surface area contributed by atoms with E-state index in [0.717, 1.165) is 25.9 Å². The lowest BCUT2D eigenvalue weighted by Crippen LogP contribution is -2.32. The second-order valence-corrected chi connectivity index (χ2v) is 5.99. The zero-order valence-corrected chi connectivity index (χ0v) is 13.0. The Bertz CT molecular complexity index is 899. The van der Waals surface area contributed by atoms with Crippen molar-refractivity contribution in [3.8, 4) is 11.3 Å². The zero-order chi connectivity index (χ0) is 16.7. The number of hydrogen-bond donors (Lipinski definition) is 3. The van der Waals surface area contributed by atoms with E-state index in [1.165, 1.54) is 18.5 Å². The molecule has 1 aliphatic heterocycles. The van der Waals surface area contributed by atoms with E-state index in [9.17, 15) is 4.39 Å². The summed E-state index contributed by atoms with van der Waals surface area (Å²) in [5.41, 5.74) is 13.6. The molecule has 3 aromatic rings. The highest BCUT2D eigenvalue weighted by atomic mass is 19.1. The first kappa shape index (κ1) is 14.8. The van der Waals surface area contributed by atoms with Crippen molar-refractivity contribution in [1.82, 2.24) is 25.1 Å². The van der Waals surface area contributed by atoms with Gasteiger partial charge in [0.05, 0.1) is 17.1 Å². The van der Waals surface area contributed by atoms with Gasteiger partial charge in [0.25, 0.3) is 0 Å². The lowest BCUT2D eigenvalue weighted by molar-refractivity contribution is 0.354. The molecule has 0 bridgehead atoms. The standard InChI is InChI=1S/C16H18FN7/c17-11-6-9(3-4-12(11)18)14-13-15(19)21-8-22-16(13)24(23-14)10-2-1-5-20-7-10/h3-4,6,8,10,20H,1-2,5,7,18H2,(H2,19,21,22). The highest BCUT2D eigenvalue weighted by Crippen LogP contribution is 2.33. The number of benzene rings is 1. The molecule has 124 valence electrons. The van der Waals surface area contributed by atoms with Crippen molar-refractivity contribution in [2.24, 2.45) is 0 Å². The molecule has 24 heavy (non-hydrogen) atoms. The summed E-state index contributed by atoms with van der Waals surface area (Å²) in [7, 11) is 0. The largest absolute Gasteiger partial charge is 0.396 e. The number of aromatic nitrogens is 4. The van der Waals surface area contributed by atoms with Crippen molar-refractivity contribution < 1.29 is 4.39 Å². The molecule has 0 spiro atoms. The summed E-state index contributed by atoms with van der Waals surface area (Å²) < 4.78 is 15.8. The van der Waals surface area contributed by atoms with Gasteiger partial charge >= 0.3 is 0 Å². The van der Waals surface area contributed by atoms with E-state index in [1.54, 1.807) is 6.07 Å². The van der Waals surface area contributed by atoms with Crippen LogP contribution < -0.4 is 16.8 Å². The van der Waals surface area contributed by atoms with E-state index in [4.69, 9.17) is 16.6 Å². The fourth-order valence-electron chi connectivity index (χ4n) is 3.17. The molecule has 4 rings (SSSR count). The Kier molecular flexibility index (Phi) is 3.53. The predicted octanol–water partition coefficient (Wildman–Crippen LogP) is 1.72. The number of piperidine rings is 1. The Labute approximate surface area is 137 Å². The van der Waals surface area contributed by atoms with E-state index in [2.05, 4.69) is 15.3 Å². The number of nitrogens with two attached hydrogens (primary N) is 2. The van der Waals surface area contributed by atoms with Crippen molar-refractivity contribution in [2.45, 2.75) is 18.9 Å².